The molecule has 1 aliphatic heterocycles. The van der Waals surface area contributed by atoms with Crippen molar-refractivity contribution in [2.24, 2.45) is 0 Å². The highest BCUT2D eigenvalue weighted by atomic mass is 35.5. The number of benzene rings is 2. The highest BCUT2D eigenvalue weighted by molar-refractivity contribution is 6.42. The molecule has 1 aliphatic rings. The molecular weight excluding hydrogens is 435 g/mol. The van der Waals surface area contributed by atoms with Crippen molar-refractivity contribution in [3.8, 4) is 11.5 Å². The summed E-state index contributed by atoms with van der Waals surface area (Å²) in [6, 6.07) is 13.5. The Kier molecular flexibility index (Phi) is 8.87. The van der Waals surface area contributed by atoms with E-state index in [2.05, 4.69) is 21.9 Å². The third kappa shape index (κ3) is 7.85. The molecule has 1 fully saturated rings. The first kappa shape index (κ1) is 24.1. The van der Waals surface area contributed by atoms with E-state index in [0.717, 1.165) is 38.3 Å². The summed E-state index contributed by atoms with van der Waals surface area (Å²) in [4.78, 5) is 4.49. The summed E-state index contributed by atoms with van der Waals surface area (Å²) >= 11 is 12.0. The monoisotopic (exact) mass is 466 g/mol. The number of hydrogen-bond donors (Lipinski definition) is 1. The van der Waals surface area contributed by atoms with Gasteiger partial charge in [-0.2, -0.15) is 0 Å². The molecule has 0 aliphatic carbocycles. The predicted molar refractivity (Wildman–Crippen MR) is 127 cm³/mol. The van der Waals surface area contributed by atoms with Crippen molar-refractivity contribution < 1.29 is 14.6 Å². The van der Waals surface area contributed by atoms with E-state index in [1.54, 1.807) is 18.2 Å². The van der Waals surface area contributed by atoms with Crippen molar-refractivity contribution in [1.29, 1.82) is 0 Å². The molecule has 31 heavy (non-hydrogen) atoms. The second-order valence-corrected chi connectivity index (χ2v) is 9.33. The van der Waals surface area contributed by atoms with Crippen LogP contribution in [-0.2, 0) is 6.54 Å². The van der Waals surface area contributed by atoms with Gasteiger partial charge in [-0.25, -0.2) is 0 Å². The Bertz CT molecular complexity index is 832. The zero-order chi connectivity index (χ0) is 22.3. The van der Waals surface area contributed by atoms with Crippen molar-refractivity contribution in [1.82, 2.24) is 9.80 Å². The predicted octanol–water partition coefficient (Wildman–Crippen LogP) is 4.73. The Balaban J connectivity index is 1.47. The van der Waals surface area contributed by atoms with E-state index in [1.165, 1.54) is 5.56 Å². The van der Waals surface area contributed by atoms with E-state index in [0.29, 0.717) is 35.2 Å². The van der Waals surface area contributed by atoms with Gasteiger partial charge in [0.2, 0.25) is 0 Å². The SMILES string of the molecule is CN(C)CCOc1ccc(CN2CCC[C@@](O)(COc3ccc(Cl)c(Cl)c3)CC2)cc1. The Hall–Kier alpha value is -1.50. The van der Waals surface area contributed by atoms with Crippen molar-refractivity contribution in [2.45, 2.75) is 31.4 Å². The van der Waals surface area contributed by atoms with Crippen LogP contribution in [0.3, 0.4) is 0 Å². The average molecular weight is 467 g/mol. The van der Waals surface area contributed by atoms with Gasteiger partial charge in [-0.05, 0) is 69.7 Å². The van der Waals surface area contributed by atoms with Gasteiger partial charge < -0.3 is 19.5 Å². The minimum absolute atomic E-state index is 0.248. The summed E-state index contributed by atoms with van der Waals surface area (Å²) in [5, 5.41) is 12.0. The number of ether oxygens (including phenoxy) is 2. The first-order valence-corrected chi connectivity index (χ1v) is 11.5. The lowest BCUT2D eigenvalue weighted by molar-refractivity contribution is -0.0168. The first-order valence-electron chi connectivity index (χ1n) is 10.7. The van der Waals surface area contributed by atoms with E-state index in [-0.39, 0.29) is 6.61 Å². The number of nitrogens with zero attached hydrogens (tertiary/aromatic N) is 2. The summed E-state index contributed by atoms with van der Waals surface area (Å²) < 4.78 is 11.6. The lowest BCUT2D eigenvalue weighted by Gasteiger charge is -2.27. The molecule has 0 aromatic heterocycles. The summed E-state index contributed by atoms with van der Waals surface area (Å²) in [6.07, 6.45) is 2.30. The molecule has 0 saturated carbocycles. The fourth-order valence-electron chi connectivity index (χ4n) is 3.62. The molecule has 170 valence electrons. The molecule has 0 unspecified atom stereocenters. The number of likely N-dealkylation sites (tertiary alicyclic amines) is 1. The first-order chi connectivity index (χ1) is 14.8. The van der Waals surface area contributed by atoms with E-state index >= 15 is 0 Å². The summed E-state index contributed by atoms with van der Waals surface area (Å²) in [6.45, 7) is 4.46. The zero-order valence-corrected chi connectivity index (χ0v) is 19.8. The van der Waals surface area contributed by atoms with Crippen LogP contribution in [0.5, 0.6) is 11.5 Å². The number of rotatable bonds is 9. The number of halogens is 2. The Morgan fingerprint density at radius 2 is 1.71 bits per heavy atom. The topological polar surface area (TPSA) is 45.2 Å². The molecule has 2 aromatic rings. The quantitative estimate of drug-likeness (QED) is 0.578. The van der Waals surface area contributed by atoms with Gasteiger partial charge in [-0.15, -0.1) is 0 Å². The molecule has 0 amide bonds. The summed E-state index contributed by atoms with van der Waals surface area (Å²) in [7, 11) is 4.07. The maximum Gasteiger partial charge on any atom is 0.121 e. The molecule has 1 heterocycles. The molecule has 7 heteroatoms. The van der Waals surface area contributed by atoms with E-state index in [4.69, 9.17) is 32.7 Å². The molecule has 5 nitrogen and oxygen atoms in total. The van der Waals surface area contributed by atoms with Crippen LogP contribution in [0.2, 0.25) is 10.0 Å². The molecular formula is C24H32Cl2N2O3. The zero-order valence-electron chi connectivity index (χ0n) is 18.3. The van der Waals surface area contributed by atoms with Crippen LogP contribution in [0.4, 0.5) is 0 Å². The fourth-order valence-corrected chi connectivity index (χ4v) is 3.90. The van der Waals surface area contributed by atoms with Gasteiger partial charge >= 0.3 is 0 Å². The Morgan fingerprint density at radius 1 is 0.968 bits per heavy atom. The lowest BCUT2D eigenvalue weighted by atomic mass is 9.96. The van der Waals surface area contributed by atoms with Gasteiger partial charge in [0.15, 0.2) is 0 Å². The van der Waals surface area contributed by atoms with Crippen LogP contribution in [0.15, 0.2) is 42.5 Å². The molecule has 1 N–H and O–H groups in total. The molecule has 1 saturated heterocycles. The number of likely N-dealkylation sites (N-methyl/N-ethyl adjacent to an activating group) is 1. The van der Waals surface area contributed by atoms with Gasteiger partial charge in [-0.1, -0.05) is 35.3 Å². The minimum atomic E-state index is -0.842. The standard InChI is InChI=1S/C24H32Cl2N2O3/c1-27(2)14-15-30-20-6-4-19(5-7-20)17-28-12-3-10-24(29,11-13-28)18-31-21-8-9-22(25)23(26)16-21/h4-9,16,29H,3,10-15,17-18H2,1-2H3/t24-/m0/s1. The normalized spacial score (nSPS) is 19.9. The van der Waals surface area contributed by atoms with Crippen LogP contribution < -0.4 is 9.47 Å². The second-order valence-electron chi connectivity index (χ2n) is 8.51. The average Bonchev–Trinajstić information content (AvgIpc) is 2.92. The maximum absolute atomic E-state index is 11.0. The lowest BCUT2D eigenvalue weighted by Crippen LogP contribution is -2.37. The van der Waals surface area contributed by atoms with Crippen molar-refractivity contribution in [2.75, 3.05) is 46.9 Å². The Labute approximate surface area is 195 Å². The van der Waals surface area contributed by atoms with Gasteiger partial charge in [-0.3, -0.25) is 4.90 Å². The van der Waals surface area contributed by atoms with Crippen molar-refractivity contribution in [3.05, 3.63) is 58.1 Å². The van der Waals surface area contributed by atoms with Gasteiger partial charge in [0.1, 0.15) is 24.7 Å². The van der Waals surface area contributed by atoms with Crippen molar-refractivity contribution >= 4 is 23.2 Å². The van der Waals surface area contributed by atoms with Crippen LogP contribution >= 0.6 is 23.2 Å². The van der Waals surface area contributed by atoms with E-state index < -0.39 is 5.60 Å². The molecule has 2 aromatic carbocycles. The van der Waals surface area contributed by atoms with Crippen LogP contribution in [0, 0.1) is 0 Å². The largest absolute Gasteiger partial charge is 0.492 e. The number of hydrogen-bond acceptors (Lipinski definition) is 5. The van der Waals surface area contributed by atoms with Crippen LogP contribution in [0.25, 0.3) is 0 Å². The van der Waals surface area contributed by atoms with Gasteiger partial charge in [0, 0.05) is 25.7 Å². The molecule has 0 spiro atoms. The smallest absolute Gasteiger partial charge is 0.121 e. The third-order valence-corrected chi connectivity index (χ3v) is 6.28. The highest BCUT2D eigenvalue weighted by Gasteiger charge is 2.31. The number of aliphatic hydroxyl groups is 1. The fraction of sp³-hybridized carbons (Fsp3) is 0.500. The highest BCUT2D eigenvalue weighted by Crippen LogP contribution is 2.29. The molecule has 0 radical (unpaired) electrons. The molecule has 3 rings (SSSR count). The van der Waals surface area contributed by atoms with E-state index in [9.17, 15) is 5.11 Å². The third-order valence-electron chi connectivity index (χ3n) is 5.55. The second kappa shape index (κ2) is 11.4. The Morgan fingerprint density at radius 3 is 2.42 bits per heavy atom. The summed E-state index contributed by atoms with van der Waals surface area (Å²) in [5.74, 6) is 1.52. The van der Waals surface area contributed by atoms with E-state index in [1.807, 2.05) is 26.2 Å². The maximum atomic E-state index is 11.0. The van der Waals surface area contributed by atoms with Crippen LogP contribution in [0.1, 0.15) is 24.8 Å². The minimum Gasteiger partial charge on any atom is -0.492 e. The summed E-state index contributed by atoms with van der Waals surface area (Å²) in [5.41, 5.74) is 0.405. The van der Waals surface area contributed by atoms with Crippen molar-refractivity contribution in [3.63, 3.8) is 0 Å². The van der Waals surface area contributed by atoms with Crippen LogP contribution in [-0.4, -0.2) is 67.5 Å². The van der Waals surface area contributed by atoms with Gasteiger partial charge in [0.05, 0.1) is 15.6 Å². The molecule has 0 bridgehead atoms. The molecule has 1 atom stereocenters. The van der Waals surface area contributed by atoms with Gasteiger partial charge in [0.25, 0.3) is 0 Å².